The molecular formula is C27H26F4N6O4. The number of carbonyl (C=O) groups is 1. The van der Waals surface area contributed by atoms with Crippen molar-refractivity contribution in [3.05, 3.63) is 70.8 Å². The third-order valence-electron chi connectivity index (χ3n) is 7.01. The molecule has 1 fully saturated rings. The maximum absolute atomic E-state index is 14.0. The maximum atomic E-state index is 14.0. The molecule has 14 heteroatoms. The molecule has 1 amide bonds. The average molecular weight is 575 g/mol. The van der Waals surface area contributed by atoms with E-state index in [4.69, 9.17) is 5.11 Å². The highest BCUT2D eigenvalue weighted by Gasteiger charge is 2.28. The summed E-state index contributed by atoms with van der Waals surface area (Å²) in [6.45, 7) is -3.94. The van der Waals surface area contributed by atoms with Gasteiger partial charge in [0.25, 0.3) is 5.56 Å². The van der Waals surface area contributed by atoms with Gasteiger partial charge in [-0.25, -0.2) is 9.97 Å². The lowest BCUT2D eigenvalue weighted by Gasteiger charge is -2.39. The number of aliphatic hydroxyl groups is 1. The minimum atomic E-state index is -3.18. The van der Waals surface area contributed by atoms with Crippen molar-refractivity contribution in [2.24, 2.45) is 0 Å². The first-order valence-corrected chi connectivity index (χ1v) is 12.7. The van der Waals surface area contributed by atoms with Crippen molar-refractivity contribution >= 4 is 22.8 Å². The summed E-state index contributed by atoms with van der Waals surface area (Å²) in [4.78, 5) is 37.2. The van der Waals surface area contributed by atoms with Gasteiger partial charge in [0.2, 0.25) is 11.9 Å². The van der Waals surface area contributed by atoms with Crippen LogP contribution in [0, 0.1) is 0 Å². The summed E-state index contributed by atoms with van der Waals surface area (Å²) in [6.07, 6.45) is 3.13. The number of aliphatic hydroxyl groups excluding tert-OH is 1. The molecule has 3 heterocycles. The molecule has 5 rings (SSSR count). The number of para-hydroxylation sites is 1. The molecule has 2 aromatic heterocycles. The monoisotopic (exact) mass is 574 g/mol. The molecule has 216 valence electrons. The second kappa shape index (κ2) is 11.6. The summed E-state index contributed by atoms with van der Waals surface area (Å²) in [5.74, 6) is -0.0872. The van der Waals surface area contributed by atoms with Crippen molar-refractivity contribution in [3.8, 4) is 16.9 Å². The van der Waals surface area contributed by atoms with E-state index in [-0.39, 0.29) is 45.4 Å². The number of rotatable bonds is 8. The summed E-state index contributed by atoms with van der Waals surface area (Å²) < 4.78 is 59.8. The molecule has 0 unspecified atom stereocenters. The van der Waals surface area contributed by atoms with Crippen LogP contribution < -0.4 is 15.2 Å². The number of carbonyl (C=O) groups excluding carboxylic acids is 1. The minimum Gasteiger partial charge on any atom is -0.434 e. The smallest absolute Gasteiger partial charge is 0.387 e. The second-order valence-corrected chi connectivity index (χ2v) is 9.52. The van der Waals surface area contributed by atoms with E-state index in [1.807, 2.05) is 11.8 Å². The number of hydrogen-bond donors (Lipinski definition) is 1. The highest BCUT2D eigenvalue weighted by Crippen LogP contribution is 2.28. The lowest BCUT2D eigenvalue weighted by molar-refractivity contribution is -0.136. The molecule has 41 heavy (non-hydrogen) atoms. The van der Waals surface area contributed by atoms with Gasteiger partial charge in [0.15, 0.2) is 0 Å². The zero-order valence-electron chi connectivity index (χ0n) is 21.8. The fourth-order valence-electron chi connectivity index (χ4n) is 5.05. The van der Waals surface area contributed by atoms with E-state index in [0.29, 0.717) is 36.7 Å². The van der Waals surface area contributed by atoms with Gasteiger partial charge in [-0.1, -0.05) is 24.3 Å². The Balaban J connectivity index is 1.47. The molecule has 1 aliphatic rings. The van der Waals surface area contributed by atoms with Crippen LogP contribution in [-0.2, 0) is 11.3 Å². The van der Waals surface area contributed by atoms with Gasteiger partial charge in [-0.15, -0.1) is 0 Å². The Morgan fingerprint density at radius 3 is 2.46 bits per heavy atom. The number of nitrogens with zero attached hydrogens (tertiary/aromatic N) is 6. The molecular weight excluding hydrogens is 548 g/mol. The Bertz CT molecular complexity index is 1610. The van der Waals surface area contributed by atoms with Gasteiger partial charge in [0.05, 0.1) is 17.4 Å². The number of alkyl halides is 4. The zero-order chi connectivity index (χ0) is 29.3. The van der Waals surface area contributed by atoms with E-state index < -0.39 is 25.3 Å². The average Bonchev–Trinajstić information content (AvgIpc) is 3.24. The fraction of sp³-hybridized carbons (Fsp3) is 0.333. The first-order valence-electron chi connectivity index (χ1n) is 12.7. The van der Waals surface area contributed by atoms with Crippen molar-refractivity contribution < 1.29 is 32.2 Å². The first kappa shape index (κ1) is 28.1. The number of aromatic nitrogens is 4. The second-order valence-electron chi connectivity index (χ2n) is 9.52. The van der Waals surface area contributed by atoms with Gasteiger partial charge in [0.1, 0.15) is 12.4 Å². The lowest BCUT2D eigenvalue weighted by Crippen LogP contribution is -2.55. The van der Waals surface area contributed by atoms with Crippen LogP contribution in [0.5, 0.6) is 5.75 Å². The van der Waals surface area contributed by atoms with Crippen LogP contribution in [0.1, 0.15) is 19.0 Å². The standard InChI is InChI=1S/C27H26F4N6O4/c1-16-13-34(8-9-35(16)23(39)15-38)27-32-11-19(12-33-27)17-6-7-20-21(10-17)36(37(24(20)40)25(28)29)14-18-4-2-3-5-22(18)41-26(30)31/h2-7,10-12,16,25-26,38H,8-9,13-15H2,1H3/t16-/m1/s1. The largest absolute Gasteiger partial charge is 0.434 e. The molecule has 1 N–H and O–H groups in total. The van der Waals surface area contributed by atoms with Crippen LogP contribution in [0.15, 0.2) is 59.7 Å². The molecule has 0 bridgehead atoms. The molecule has 0 aliphatic carbocycles. The van der Waals surface area contributed by atoms with Crippen LogP contribution in [-0.4, -0.2) is 74.1 Å². The van der Waals surface area contributed by atoms with Crippen LogP contribution >= 0.6 is 0 Å². The van der Waals surface area contributed by atoms with E-state index in [1.54, 1.807) is 35.5 Å². The molecule has 1 atom stereocenters. The maximum Gasteiger partial charge on any atom is 0.387 e. The summed E-state index contributed by atoms with van der Waals surface area (Å²) in [5, 5.41) is 9.18. The van der Waals surface area contributed by atoms with Crippen molar-refractivity contribution in [1.29, 1.82) is 0 Å². The lowest BCUT2D eigenvalue weighted by atomic mass is 10.1. The van der Waals surface area contributed by atoms with Gasteiger partial charge < -0.3 is 19.6 Å². The summed E-state index contributed by atoms with van der Waals surface area (Å²) in [5.41, 5.74) is 0.541. The van der Waals surface area contributed by atoms with Gasteiger partial charge in [-0.05, 0) is 30.7 Å². The molecule has 1 aliphatic heterocycles. The highest BCUT2D eigenvalue weighted by molar-refractivity contribution is 5.84. The molecule has 0 radical (unpaired) electrons. The minimum absolute atomic E-state index is 0.0307. The van der Waals surface area contributed by atoms with Crippen molar-refractivity contribution in [1.82, 2.24) is 24.2 Å². The Morgan fingerprint density at radius 1 is 1.07 bits per heavy atom. The molecule has 1 saturated heterocycles. The van der Waals surface area contributed by atoms with Crippen molar-refractivity contribution in [3.63, 3.8) is 0 Å². The Morgan fingerprint density at radius 2 is 1.80 bits per heavy atom. The number of amides is 1. The third-order valence-corrected chi connectivity index (χ3v) is 7.01. The summed E-state index contributed by atoms with van der Waals surface area (Å²) in [6, 6.07) is 10.2. The quantitative estimate of drug-likeness (QED) is 0.322. The fourth-order valence-corrected chi connectivity index (χ4v) is 5.05. The Kier molecular flexibility index (Phi) is 7.92. The molecule has 0 saturated carbocycles. The third kappa shape index (κ3) is 5.59. The van der Waals surface area contributed by atoms with Crippen molar-refractivity contribution in [2.45, 2.75) is 32.7 Å². The first-order chi connectivity index (χ1) is 19.7. The van der Waals surface area contributed by atoms with Gasteiger partial charge >= 0.3 is 13.2 Å². The molecule has 2 aromatic carbocycles. The van der Waals surface area contributed by atoms with Crippen LogP contribution in [0.25, 0.3) is 22.0 Å². The van der Waals surface area contributed by atoms with Gasteiger partial charge in [0, 0.05) is 49.2 Å². The molecule has 0 spiro atoms. The van der Waals surface area contributed by atoms with Crippen LogP contribution in [0.2, 0.25) is 0 Å². The Hall–Kier alpha value is -4.46. The van der Waals surface area contributed by atoms with E-state index >= 15 is 0 Å². The van der Waals surface area contributed by atoms with Crippen molar-refractivity contribution in [2.75, 3.05) is 31.1 Å². The van der Waals surface area contributed by atoms with Crippen LogP contribution in [0.4, 0.5) is 23.5 Å². The Labute approximate surface area is 231 Å². The summed E-state index contributed by atoms with van der Waals surface area (Å²) in [7, 11) is 0. The predicted octanol–water partition coefficient (Wildman–Crippen LogP) is 3.33. The normalized spacial score (nSPS) is 15.8. The molecule has 4 aromatic rings. The number of anilines is 1. The van der Waals surface area contributed by atoms with Gasteiger partial charge in [-0.2, -0.15) is 22.2 Å². The predicted molar refractivity (Wildman–Crippen MR) is 141 cm³/mol. The van der Waals surface area contributed by atoms with E-state index in [9.17, 15) is 27.2 Å². The molecule has 10 nitrogen and oxygen atoms in total. The number of halogens is 4. The number of piperazine rings is 1. The SMILES string of the molecule is C[C@@H]1CN(c2ncc(-c3ccc4c(=O)n(C(F)F)n(Cc5ccccc5OC(F)F)c4c3)cn2)CCN1C(=O)CO. The summed E-state index contributed by atoms with van der Waals surface area (Å²) >= 11 is 0. The highest BCUT2D eigenvalue weighted by atomic mass is 19.3. The number of ether oxygens (including phenoxy) is 1. The number of hydrogen-bond acceptors (Lipinski definition) is 7. The van der Waals surface area contributed by atoms with E-state index in [1.165, 1.54) is 24.3 Å². The van der Waals surface area contributed by atoms with E-state index in [0.717, 1.165) is 4.68 Å². The zero-order valence-corrected chi connectivity index (χ0v) is 21.8. The topological polar surface area (TPSA) is 106 Å². The van der Waals surface area contributed by atoms with E-state index in [2.05, 4.69) is 14.7 Å². The van der Waals surface area contributed by atoms with Gasteiger partial charge in [-0.3, -0.25) is 14.3 Å². The number of fused-ring (bicyclic) bond motifs is 1. The van der Waals surface area contributed by atoms with Crippen LogP contribution in [0.3, 0.4) is 0 Å². The number of benzene rings is 2.